The van der Waals surface area contributed by atoms with E-state index in [2.05, 4.69) is 30.5 Å². The molecule has 2 heterocycles. The first-order chi connectivity index (χ1) is 9.87. The number of likely N-dealkylation sites (tertiary alicyclic amines) is 1. The van der Waals surface area contributed by atoms with Gasteiger partial charge in [-0.05, 0) is 34.8 Å². The highest BCUT2D eigenvalue weighted by molar-refractivity contribution is 9.10. The number of piperidine rings is 1. The minimum absolute atomic E-state index is 0.0726. The van der Waals surface area contributed by atoms with Crippen LogP contribution in [0.2, 0.25) is 0 Å². The van der Waals surface area contributed by atoms with Gasteiger partial charge in [-0.3, -0.25) is 9.88 Å². The predicted octanol–water partition coefficient (Wildman–Crippen LogP) is 0.873. The summed E-state index contributed by atoms with van der Waals surface area (Å²) >= 11 is 8.11. The van der Waals surface area contributed by atoms with Gasteiger partial charge < -0.3 is 5.73 Å². The van der Waals surface area contributed by atoms with Crippen molar-refractivity contribution in [3.8, 4) is 0 Å². The van der Waals surface area contributed by atoms with Crippen molar-refractivity contribution in [3.05, 3.63) is 22.9 Å². The molecule has 2 rings (SSSR count). The van der Waals surface area contributed by atoms with E-state index in [-0.39, 0.29) is 10.9 Å². The molecular formula is C12H17BrN4O2S2. The maximum atomic E-state index is 12.3. The Morgan fingerprint density at radius 2 is 2.14 bits per heavy atom. The van der Waals surface area contributed by atoms with Gasteiger partial charge in [-0.25, -0.2) is 13.1 Å². The van der Waals surface area contributed by atoms with E-state index in [1.54, 1.807) is 6.20 Å². The van der Waals surface area contributed by atoms with Crippen molar-refractivity contribution in [3.63, 3.8) is 0 Å². The largest absolute Gasteiger partial charge is 0.392 e. The molecule has 0 bridgehead atoms. The van der Waals surface area contributed by atoms with Crippen LogP contribution in [0.25, 0.3) is 0 Å². The Labute approximate surface area is 138 Å². The fourth-order valence-corrected chi connectivity index (χ4v) is 4.25. The normalized spacial score (nSPS) is 17.8. The lowest BCUT2D eigenvalue weighted by Crippen LogP contribution is -2.46. The van der Waals surface area contributed by atoms with Crippen molar-refractivity contribution in [2.24, 2.45) is 5.73 Å². The first-order valence-electron chi connectivity index (χ1n) is 6.50. The lowest BCUT2D eigenvalue weighted by atomic mass is 10.1. The number of hydrogen-bond donors (Lipinski definition) is 2. The highest BCUT2D eigenvalue weighted by atomic mass is 79.9. The van der Waals surface area contributed by atoms with Gasteiger partial charge in [-0.15, -0.1) is 0 Å². The van der Waals surface area contributed by atoms with Crippen LogP contribution in [0.15, 0.2) is 27.8 Å². The standard InChI is InChI=1S/C12H17BrN4O2S2/c13-9-5-11(7-15-6-9)21(18,19)16-10-1-3-17(4-2-10)8-12(14)20/h5-7,10,16H,1-4,8H2,(H2,14,20). The molecule has 21 heavy (non-hydrogen) atoms. The number of rotatable bonds is 5. The third-order valence-electron chi connectivity index (χ3n) is 3.28. The summed E-state index contributed by atoms with van der Waals surface area (Å²) in [5, 5.41) is 0. The molecule has 1 aliphatic heterocycles. The van der Waals surface area contributed by atoms with Crippen LogP contribution < -0.4 is 10.5 Å². The molecule has 9 heteroatoms. The molecule has 0 radical (unpaired) electrons. The highest BCUT2D eigenvalue weighted by Crippen LogP contribution is 2.17. The number of nitrogens with two attached hydrogens (primary N) is 1. The van der Waals surface area contributed by atoms with Gasteiger partial charge in [0, 0.05) is 42.5 Å². The number of pyridine rings is 1. The second-order valence-corrected chi connectivity index (χ2v) is 8.13. The molecule has 0 aliphatic carbocycles. The minimum Gasteiger partial charge on any atom is -0.392 e. The molecule has 116 valence electrons. The summed E-state index contributed by atoms with van der Waals surface area (Å²) in [6, 6.07) is 1.47. The lowest BCUT2D eigenvalue weighted by molar-refractivity contribution is 0.233. The molecule has 3 N–H and O–H groups in total. The van der Waals surface area contributed by atoms with Gasteiger partial charge in [-0.2, -0.15) is 0 Å². The SMILES string of the molecule is NC(=S)CN1CCC(NS(=O)(=O)c2cncc(Br)c2)CC1. The first-order valence-corrected chi connectivity index (χ1v) is 9.19. The van der Waals surface area contributed by atoms with Gasteiger partial charge >= 0.3 is 0 Å². The second-order valence-electron chi connectivity index (χ2n) is 4.98. The van der Waals surface area contributed by atoms with E-state index in [1.807, 2.05) is 0 Å². The average Bonchev–Trinajstić information content (AvgIpc) is 2.40. The van der Waals surface area contributed by atoms with Crippen LogP contribution >= 0.6 is 28.1 Å². The summed E-state index contributed by atoms with van der Waals surface area (Å²) < 4.78 is 27.9. The first kappa shape index (κ1) is 16.8. The summed E-state index contributed by atoms with van der Waals surface area (Å²) in [4.78, 5) is 6.65. The Bertz CT molecular complexity index is 615. The molecule has 0 atom stereocenters. The molecule has 1 aromatic rings. The fraction of sp³-hybridized carbons (Fsp3) is 0.500. The quantitative estimate of drug-likeness (QED) is 0.722. The summed E-state index contributed by atoms with van der Waals surface area (Å²) in [5.74, 6) is 0. The third kappa shape index (κ3) is 4.96. The summed E-state index contributed by atoms with van der Waals surface area (Å²) in [6.45, 7) is 2.15. The van der Waals surface area contributed by atoms with Crippen molar-refractivity contribution < 1.29 is 8.42 Å². The van der Waals surface area contributed by atoms with Crippen molar-refractivity contribution >= 4 is 43.2 Å². The Kier molecular flexibility index (Phi) is 5.67. The molecule has 1 fully saturated rings. The van der Waals surface area contributed by atoms with Crippen LogP contribution in [0, 0.1) is 0 Å². The monoisotopic (exact) mass is 392 g/mol. The van der Waals surface area contributed by atoms with Gasteiger partial charge in [0.1, 0.15) is 4.90 Å². The predicted molar refractivity (Wildman–Crippen MR) is 88.5 cm³/mol. The molecule has 0 unspecified atom stereocenters. The Morgan fingerprint density at radius 3 is 2.71 bits per heavy atom. The number of aromatic nitrogens is 1. The van der Waals surface area contributed by atoms with Gasteiger partial charge in [0.05, 0.1) is 4.99 Å². The summed E-state index contributed by atoms with van der Waals surface area (Å²) in [7, 11) is -3.53. The second kappa shape index (κ2) is 7.10. The maximum Gasteiger partial charge on any atom is 0.242 e. The number of nitrogens with zero attached hydrogens (tertiary/aromatic N) is 2. The number of halogens is 1. The van der Waals surface area contributed by atoms with Crippen LogP contribution in [0.5, 0.6) is 0 Å². The number of hydrogen-bond acceptors (Lipinski definition) is 5. The van der Waals surface area contributed by atoms with Crippen LogP contribution in [-0.2, 0) is 10.0 Å². The van der Waals surface area contributed by atoms with E-state index >= 15 is 0 Å². The number of sulfonamides is 1. The molecule has 1 saturated heterocycles. The van der Waals surface area contributed by atoms with E-state index in [4.69, 9.17) is 18.0 Å². The highest BCUT2D eigenvalue weighted by Gasteiger charge is 2.25. The zero-order chi connectivity index (χ0) is 15.5. The molecule has 0 spiro atoms. The van der Waals surface area contributed by atoms with Gasteiger partial charge in [0.2, 0.25) is 10.0 Å². The Hall–Kier alpha value is -0.610. The summed E-state index contributed by atoms with van der Waals surface area (Å²) in [5.41, 5.74) is 5.52. The van der Waals surface area contributed by atoms with Crippen LogP contribution in [0.3, 0.4) is 0 Å². The smallest absolute Gasteiger partial charge is 0.242 e. The molecule has 6 nitrogen and oxygen atoms in total. The minimum atomic E-state index is -3.53. The van der Waals surface area contributed by atoms with Crippen molar-refractivity contribution in [2.75, 3.05) is 19.6 Å². The molecule has 1 aliphatic rings. The van der Waals surface area contributed by atoms with E-state index in [0.717, 1.165) is 25.9 Å². The van der Waals surface area contributed by atoms with Crippen LogP contribution in [0.1, 0.15) is 12.8 Å². The molecule has 0 aromatic carbocycles. The summed E-state index contributed by atoms with van der Waals surface area (Å²) in [6.07, 6.45) is 4.37. The average molecular weight is 393 g/mol. The van der Waals surface area contributed by atoms with Crippen molar-refractivity contribution in [1.82, 2.24) is 14.6 Å². The van der Waals surface area contributed by atoms with E-state index in [1.165, 1.54) is 12.3 Å². The molecule has 1 aromatic heterocycles. The zero-order valence-electron chi connectivity index (χ0n) is 11.3. The third-order valence-corrected chi connectivity index (χ3v) is 5.33. The van der Waals surface area contributed by atoms with Crippen LogP contribution in [-0.4, -0.2) is 49.0 Å². The van der Waals surface area contributed by atoms with Gasteiger partial charge in [0.15, 0.2) is 0 Å². The van der Waals surface area contributed by atoms with Crippen molar-refractivity contribution in [2.45, 2.75) is 23.8 Å². The molecular weight excluding hydrogens is 376 g/mol. The number of thiocarbonyl (C=S) groups is 1. The van der Waals surface area contributed by atoms with Gasteiger partial charge in [-0.1, -0.05) is 12.2 Å². The molecule has 0 saturated carbocycles. The maximum absolute atomic E-state index is 12.3. The topological polar surface area (TPSA) is 88.3 Å². The van der Waals surface area contributed by atoms with E-state index < -0.39 is 10.0 Å². The lowest BCUT2D eigenvalue weighted by Gasteiger charge is -2.31. The Morgan fingerprint density at radius 1 is 1.48 bits per heavy atom. The van der Waals surface area contributed by atoms with E-state index in [0.29, 0.717) is 16.0 Å². The van der Waals surface area contributed by atoms with E-state index in [9.17, 15) is 8.42 Å². The fourth-order valence-electron chi connectivity index (χ4n) is 2.26. The Balaban J connectivity index is 1.95. The zero-order valence-corrected chi connectivity index (χ0v) is 14.5. The van der Waals surface area contributed by atoms with Gasteiger partial charge in [0.25, 0.3) is 0 Å². The van der Waals surface area contributed by atoms with Crippen LogP contribution in [0.4, 0.5) is 0 Å². The van der Waals surface area contributed by atoms with Crippen molar-refractivity contribution in [1.29, 1.82) is 0 Å². The number of nitrogens with one attached hydrogen (secondary N) is 1. The molecule has 0 amide bonds.